The van der Waals surface area contributed by atoms with Gasteiger partial charge >= 0.3 is 6.09 Å². The zero-order chi connectivity index (χ0) is 10.8. The molecular weight excluding hydrogens is 237 g/mol. The third-order valence-corrected chi connectivity index (χ3v) is 2.85. The minimum Gasteiger partial charge on any atom is -0.443 e. The van der Waals surface area contributed by atoms with Crippen LogP contribution < -0.4 is 4.90 Å². The van der Waals surface area contributed by atoms with Crippen molar-refractivity contribution in [2.75, 3.05) is 17.3 Å². The van der Waals surface area contributed by atoms with Crippen LogP contribution in [-0.4, -0.2) is 24.6 Å². The summed E-state index contributed by atoms with van der Waals surface area (Å²) in [5.41, 5.74) is 0.664. The summed E-state index contributed by atoms with van der Waals surface area (Å²) in [5.74, 6) is 0.298. The molecule has 1 heterocycles. The molecule has 3 nitrogen and oxygen atoms in total. The van der Waals surface area contributed by atoms with E-state index in [9.17, 15) is 4.79 Å². The highest BCUT2D eigenvalue weighted by molar-refractivity contribution is 6.33. The summed E-state index contributed by atoms with van der Waals surface area (Å²) >= 11 is 11.6. The Hall–Kier alpha value is -0.930. The van der Waals surface area contributed by atoms with Gasteiger partial charge in [-0.3, -0.25) is 4.90 Å². The molecule has 80 valence electrons. The predicted molar refractivity (Wildman–Crippen MR) is 59.8 cm³/mol. The summed E-state index contributed by atoms with van der Waals surface area (Å²) < 4.78 is 5.03. The quantitative estimate of drug-likeness (QED) is 0.751. The molecule has 1 fully saturated rings. The summed E-state index contributed by atoms with van der Waals surface area (Å²) in [7, 11) is 0. The fourth-order valence-corrected chi connectivity index (χ4v) is 1.87. The number of hydrogen-bond donors (Lipinski definition) is 0. The molecule has 1 saturated heterocycles. The molecule has 1 aromatic rings. The Morgan fingerprint density at radius 3 is 2.80 bits per heavy atom. The monoisotopic (exact) mass is 245 g/mol. The normalized spacial score (nSPS) is 20.5. The number of cyclic esters (lactones) is 1. The standard InChI is InChI=1S/C10H9Cl2NO2/c11-5-7-6-13(10(14)15-7)9-4-2-1-3-8(9)12/h1-4,7H,5-6H2. The van der Waals surface area contributed by atoms with Gasteiger partial charge in [-0.05, 0) is 12.1 Å². The van der Waals surface area contributed by atoms with E-state index < -0.39 is 6.09 Å². The van der Waals surface area contributed by atoms with E-state index in [4.69, 9.17) is 27.9 Å². The third-order valence-electron chi connectivity index (χ3n) is 2.19. The number of benzene rings is 1. The van der Waals surface area contributed by atoms with Crippen LogP contribution in [0.4, 0.5) is 10.5 Å². The highest BCUT2D eigenvalue weighted by atomic mass is 35.5. The summed E-state index contributed by atoms with van der Waals surface area (Å²) in [5, 5.41) is 0.532. The van der Waals surface area contributed by atoms with Gasteiger partial charge in [-0.1, -0.05) is 23.7 Å². The number of amides is 1. The molecule has 0 saturated carbocycles. The summed E-state index contributed by atoms with van der Waals surface area (Å²) in [6, 6.07) is 7.15. The Kier molecular flexibility index (Phi) is 3.03. The van der Waals surface area contributed by atoms with Crippen LogP contribution in [0.25, 0.3) is 0 Å². The van der Waals surface area contributed by atoms with Gasteiger partial charge in [-0.15, -0.1) is 11.6 Å². The van der Waals surface area contributed by atoms with Crippen LogP contribution in [0.5, 0.6) is 0 Å². The molecule has 0 radical (unpaired) electrons. The molecule has 0 bridgehead atoms. The fraction of sp³-hybridized carbons (Fsp3) is 0.300. The number of hydrogen-bond acceptors (Lipinski definition) is 2. The molecule has 2 rings (SSSR count). The van der Waals surface area contributed by atoms with Crippen molar-refractivity contribution >= 4 is 35.0 Å². The second kappa shape index (κ2) is 4.29. The largest absolute Gasteiger partial charge is 0.443 e. The SMILES string of the molecule is O=C1OC(CCl)CN1c1ccccc1Cl. The molecule has 15 heavy (non-hydrogen) atoms. The lowest BCUT2D eigenvalue weighted by Gasteiger charge is -2.13. The number of para-hydroxylation sites is 1. The molecule has 0 spiro atoms. The fourth-order valence-electron chi connectivity index (χ4n) is 1.47. The molecule has 1 atom stereocenters. The van der Waals surface area contributed by atoms with E-state index in [-0.39, 0.29) is 6.10 Å². The number of nitrogens with zero attached hydrogens (tertiary/aromatic N) is 1. The smallest absolute Gasteiger partial charge is 0.414 e. The van der Waals surface area contributed by atoms with Crippen LogP contribution in [-0.2, 0) is 4.74 Å². The van der Waals surface area contributed by atoms with Crippen molar-refractivity contribution in [3.8, 4) is 0 Å². The Balaban J connectivity index is 2.25. The molecule has 1 aromatic carbocycles. The second-order valence-electron chi connectivity index (χ2n) is 3.22. The van der Waals surface area contributed by atoms with Gasteiger partial charge in [-0.25, -0.2) is 4.79 Å². The molecule has 1 amide bonds. The molecule has 1 unspecified atom stereocenters. The van der Waals surface area contributed by atoms with E-state index in [1.54, 1.807) is 12.1 Å². The maximum atomic E-state index is 11.5. The van der Waals surface area contributed by atoms with Crippen molar-refractivity contribution in [1.82, 2.24) is 0 Å². The van der Waals surface area contributed by atoms with Crippen molar-refractivity contribution in [2.24, 2.45) is 0 Å². The summed E-state index contributed by atoms with van der Waals surface area (Å²) in [6.45, 7) is 0.450. The Labute approximate surface area is 97.5 Å². The van der Waals surface area contributed by atoms with Gasteiger partial charge in [0.25, 0.3) is 0 Å². The number of carbonyl (C=O) groups is 1. The van der Waals surface area contributed by atoms with E-state index in [1.807, 2.05) is 12.1 Å². The average Bonchev–Trinajstić information content (AvgIpc) is 2.60. The van der Waals surface area contributed by atoms with Crippen LogP contribution in [0.3, 0.4) is 0 Å². The van der Waals surface area contributed by atoms with Gasteiger partial charge in [0.1, 0.15) is 6.10 Å². The van der Waals surface area contributed by atoms with Gasteiger partial charge in [0, 0.05) is 0 Å². The third kappa shape index (κ3) is 2.03. The average molecular weight is 246 g/mol. The lowest BCUT2D eigenvalue weighted by molar-refractivity contribution is 0.151. The highest BCUT2D eigenvalue weighted by Gasteiger charge is 2.32. The van der Waals surface area contributed by atoms with Crippen LogP contribution >= 0.6 is 23.2 Å². The first-order valence-corrected chi connectivity index (χ1v) is 5.42. The number of anilines is 1. The van der Waals surface area contributed by atoms with Crippen LogP contribution in [0.15, 0.2) is 24.3 Å². The van der Waals surface area contributed by atoms with Crippen LogP contribution in [0, 0.1) is 0 Å². The minimum absolute atomic E-state index is 0.254. The van der Waals surface area contributed by atoms with Gasteiger partial charge in [0.2, 0.25) is 0 Å². The maximum absolute atomic E-state index is 11.5. The Morgan fingerprint density at radius 1 is 1.47 bits per heavy atom. The Morgan fingerprint density at radius 2 is 2.20 bits per heavy atom. The molecule has 1 aliphatic heterocycles. The highest BCUT2D eigenvalue weighted by Crippen LogP contribution is 2.29. The number of rotatable bonds is 2. The van der Waals surface area contributed by atoms with Gasteiger partial charge in [-0.2, -0.15) is 0 Å². The number of alkyl halides is 1. The number of halogens is 2. The number of ether oxygens (including phenoxy) is 1. The van der Waals surface area contributed by atoms with Crippen molar-refractivity contribution in [1.29, 1.82) is 0 Å². The molecule has 5 heteroatoms. The van der Waals surface area contributed by atoms with E-state index >= 15 is 0 Å². The van der Waals surface area contributed by atoms with Crippen molar-refractivity contribution in [2.45, 2.75) is 6.10 Å². The van der Waals surface area contributed by atoms with E-state index in [2.05, 4.69) is 0 Å². The van der Waals surface area contributed by atoms with Gasteiger partial charge in [0.15, 0.2) is 0 Å². The molecule has 1 aliphatic rings. The van der Waals surface area contributed by atoms with Crippen molar-refractivity contribution in [3.63, 3.8) is 0 Å². The first kappa shape index (κ1) is 10.6. The molecule has 0 aliphatic carbocycles. The van der Waals surface area contributed by atoms with Gasteiger partial charge < -0.3 is 4.74 Å². The first-order chi connectivity index (χ1) is 7.22. The second-order valence-corrected chi connectivity index (χ2v) is 3.94. The lowest BCUT2D eigenvalue weighted by Crippen LogP contribution is -2.25. The lowest BCUT2D eigenvalue weighted by atomic mass is 10.3. The van der Waals surface area contributed by atoms with Crippen LogP contribution in [0.2, 0.25) is 5.02 Å². The summed E-state index contributed by atoms with van der Waals surface area (Å²) in [4.78, 5) is 13.0. The topological polar surface area (TPSA) is 29.5 Å². The minimum atomic E-state index is -0.395. The zero-order valence-electron chi connectivity index (χ0n) is 7.82. The van der Waals surface area contributed by atoms with E-state index in [0.717, 1.165) is 0 Å². The summed E-state index contributed by atoms with van der Waals surface area (Å²) in [6.07, 6.45) is -0.649. The molecule has 0 N–H and O–H groups in total. The van der Waals surface area contributed by atoms with Gasteiger partial charge in [0.05, 0.1) is 23.1 Å². The molecule has 0 aromatic heterocycles. The van der Waals surface area contributed by atoms with E-state index in [0.29, 0.717) is 23.1 Å². The van der Waals surface area contributed by atoms with Crippen molar-refractivity contribution < 1.29 is 9.53 Å². The molecular formula is C10H9Cl2NO2. The number of carbonyl (C=O) groups excluding carboxylic acids is 1. The zero-order valence-corrected chi connectivity index (χ0v) is 9.33. The Bertz CT molecular complexity index is 383. The van der Waals surface area contributed by atoms with Crippen molar-refractivity contribution in [3.05, 3.63) is 29.3 Å². The predicted octanol–water partition coefficient (Wildman–Crippen LogP) is 2.90. The van der Waals surface area contributed by atoms with Crippen LogP contribution in [0.1, 0.15) is 0 Å². The first-order valence-electron chi connectivity index (χ1n) is 4.51. The maximum Gasteiger partial charge on any atom is 0.414 e. The van der Waals surface area contributed by atoms with E-state index in [1.165, 1.54) is 4.90 Å².